The van der Waals surface area contributed by atoms with Crippen molar-refractivity contribution in [2.45, 2.75) is 0 Å². The van der Waals surface area contributed by atoms with Crippen molar-refractivity contribution in [2.75, 3.05) is 0 Å². The second-order valence-corrected chi connectivity index (χ2v) is 7.22. The van der Waals surface area contributed by atoms with E-state index >= 15 is 0 Å². The predicted octanol–water partition coefficient (Wildman–Crippen LogP) is 4.33. The van der Waals surface area contributed by atoms with Gasteiger partial charge in [-0.1, -0.05) is 60.7 Å². The number of pyridine rings is 2. The van der Waals surface area contributed by atoms with Gasteiger partial charge < -0.3 is 4.40 Å². The van der Waals surface area contributed by atoms with Gasteiger partial charge in [0.15, 0.2) is 11.6 Å². The lowest BCUT2D eigenvalue weighted by Gasteiger charge is -2.15. The molecule has 1 aliphatic rings. The van der Waals surface area contributed by atoms with E-state index in [0.717, 1.165) is 5.56 Å². The molecule has 0 saturated heterocycles. The van der Waals surface area contributed by atoms with Crippen molar-refractivity contribution in [3.63, 3.8) is 0 Å². The van der Waals surface area contributed by atoms with Crippen LogP contribution in [-0.2, 0) is 0 Å². The number of fused-ring (bicyclic) bond motifs is 4. The minimum absolute atomic E-state index is 0.147. The van der Waals surface area contributed by atoms with E-state index in [1.165, 1.54) is 0 Å². The fourth-order valence-corrected chi connectivity index (χ4v) is 4.46. The molecule has 0 aliphatic heterocycles. The molecule has 5 aromatic rings. The zero-order chi connectivity index (χ0) is 19.7. The maximum absolute atomic E-state index is 13.5. The molecule has 2 aromatic carbocycles. The summed E-state index contributed by atoms with van der Waals surface area (Å²) in [7, 11) is 0. The van der Waals surface area contributed by atoms with Crippen molar-refractivity contribution < 1.29 is 9.59 Å². The van der Waals surface area contributed by atoms with Gasteiger partial charge in [0.25, 0.3) is 0 Å². The Morgan fingerprint density at radius 2 is 1.17 bits per heavy atom. The number of aromatic nitrogens is 1. The van der Waals surface area contributed by atoms with Crippen LogP contribution in [0.3, 0.4) is 0 Å². The molecule has 1 aliphatic carbocycles. The molecular weight excluding hydrogens is 362 g/mol. The normalized spacial score (nSPS) is 13.1. The van der Waals surface area contributed by atoms with Crippen LogP contribution in [0.25, 0.3) is 27.7 Å². The molecule has 136 valence electrons. The molecule has 3 aromatic heterocycles. The van der Waals surface area contributed by atoms with Gasteiger partial charge in [-0.3, -0.25) is 14.4 Å². The fourth-order valence-electron chi connectivity index (χ4n) is 4.46. The van der Waals surface area contributed by atoms with Crippen LogP contribution in [0.1, 0.15) is 31.8 Å². The molecule has 3 heterocycles. The Kier molecular flexibility index (Phi) is 3.02. The highest BCUT2D eigenvalue weighted by atomic mass is 16.1. The summed E-state index contributed by atoms with van der Waals surface area (Å²) in [6.45, 7) is 0. The lowest BCUT2D eigenvalue weighted by molar-refractivity contribution is 0.0982. The van der Waals surface area contributed by atoms with Crippen LogP contribution in [0, 0.1) is 0 Å². The summed E-state index contributed by atoms with van der Waals surface area (Å²) >= 11 is 0. The molecule has 4 nitrogen and oxygen atoms in total. The number of hydrogen-bond acceptors (Lipinski definition) is 3. The largest absolute Gasteiger partial charge is 0.305 e. The van der Waals surface area contributed by atoms with E-state index in [-0.39, 0.29) is 17.0 Å². The number of carbonyl (C=O) groups is 2. The van der Waals surface area contributed by atoms with Gasteiger partial charge in [0.05, 0.1) is 27.7 Å². The van der Waals surface area contributed by atoms with E-state index in [4.69, 9.17) is 0 Å². The van der Waals surface area contributed by atoms with Crippen molar-refractivity contribution >= 4 is 28.1 Å². The lowest BCUT2D eigenvalue weighted by atomic mass is 9.84. The van der Waals surface area contributed by atoms with E-state index in [1.54, 1.807) is 52.9 Å². The molecule has 0 spiro atoms. The smallest absolute Gasteiger partial charge is 0.203 e. The Balaban J connectivity index is 1.87. The van der Waals surface area contributed by atoms with Crippen LogP contribution in [0.4, 0.5) is 0 Å². The predicted molar refractivity (Wildman–Crippen MR) is 111 cm³/mol. The van der Waals surface area contributed by atoms with Crippen molar-refractivity contribution in [1.29, 1.82) is 0 Å². The minimum Gasteiger partial charge on any atom is -0.305 e. The summed E-state index contributed by atoms with van der Waals surface area (Å²) in [6.07, 6.45) is 0. The van der Waals surface area contributed by atoms with Crippen molar-refractivity contribution in [1.82, 2.24) is 4.40 Å². The van der Waals surface area contributed by atoms with Crippen LogP contribution >= 0.6 is 0 Å². The first-order valence-corrected chi connectivity index (χ1v) is 9.34. The lowest BCUT2D eigenvalue weighted by Crippen LogP contribution is -2.19. The highest BCUT2D eigenvalue weighted by Gasteiger charge is 2.36. The first kappa shape index (κ1) is 16.0. The van der Waals surface area contributed by atoms with Crippen LogP contribution in [-0.4, -0.2) is 16.0 Å². The molecule has 0 radical (unpaired) electrons. The summed E-state index contributed by atoms with van der Waals surface area (Å²) in [4.78, 5) is 39.8. The van der Waals surface area contributed by atoms with Gasteiger partial charge in [-0.25, -0.2) is 0 Å². The SMILES string of the molecule is O=C1c2ccccc2C(=O)c2c1c1cccc3c(=O)cc(-c4ccccc4)c2n13. The second-order valence-electron chi connectivity index (χ2n) is 7.22. The van der Waals surface area contributed by atoms with Gasteiger partial charge in [-0.05, 0) is 23.8 Å². The van der Waals surface area contributed by atoms with E-state index in [1.807, 2.05) is 30.3 Å². The molecule has 0 atom stereocenters. The monoisotopic (exact) mass is 375 g/mol. The van der Waals surface area contributed by atoms with Gasteiger partial charge in [-0.2, -0.15) is 0 Å². The Morgan fingerprint density at radius 1 is 0.552 bits per heavy atom. The number of benzene rings is 2. The number of ketones is 2. The third-order valence-corrected chi connectivity index (χ3v) is 5.69. The first-order chi connectivity index (χ1) is 14.2. The van der Waals surface area contributed by atoms with Crippen LogP contribution in [0.15, 0.2) is 83.7 Å². The summed E-state index contributed by atoms with van der Waals surface area (Å²) in [6, 6.07) is 23.2. The van der Waals surface area contributed by atoms with E-state index in [2.05, 4.69) is 0 Å². The number of carbonyl (C=O) groups excluding carboxylic acids is 2. The number of nitrogens with zero attached hydrogens (tertiary/aromatic N) is 1. The molecular formula is C25H13NO3. The molecule has 29 heavy (non-hydrogen) atoms. The maximum Gasteiger partial charge on any atom is 0.203 e. The average molecular weight is 375 g/mol. The van der Waals surface area contributed by atoms with Gasteiger partial charge in [0.2, 0.25) is 5.43 Å². The molecule has 0 saturated carbocycles. The summed E-state index contributed by atoms with van der Waals surface area (Å²) in [5.74, 6) is -0.367. The summed E-state index contributed by atoms with van der Waals surface area (Å²) in [5, 5.41) is 0. The molecule has 0 amide bonds. The standard InChI is InChI=1S/C25H13NO3/c27-20-13-17(14-7-2-1-3-8-14)23-22-21(19-12-6-11-18(20)26(19)23)24(28)15-9-4-5-10-16(15)25(22)29/h1-13H. The van der Waals surface area contributed by atoms with Crippen molar-refractivity contribution in [3.8, 4) is 11.1 Å². The zero-order valence-corrected chi connectivity index (χ0v) is 15.2. The molecule has 4 heteroatoms. The Hall–Kier alpha value is -4.05. The fraction of sp³-hybridized carbons (Fsp3) is 0. The summed E-state index contributed by atoms with van der Waals surface area (Å²) < 4.78 is 1.77. The van der Waals surface area contributed by atoms with Gasteiger partial charge in [0.1, 0.15) is 0 Å². The maximum atomic E-state index is 13.5. The Bertz CT molecular complexity index is 1540. The van der Waals surface area contributed by atoms with Gasteiger partial charge in [0, 0.05) is 16.7 Å². The molecule has 6 rings (SSSR count). The Morgan fingerprint density at radius 3 is 1.90 bits per heavy atom. The van der Waals surface area contributed by atoms with Gasteiger partial charge >= 0.3 is 0 Å². The van der Waals surface area contributed by atoms with Crippen molar-refractivity contribution in [2.24, 2.45) is 0 Å². The van der Waals surface area contributed by atoms with Crippen LogP contribution < -0.4 is 5.43 Å². The minimum atomic E-state index is -0.184. The van der Waals surface area contributed by atoms with E-state index in [9.17, 15) is 14.4 Å². The Labute approximate surface area is 165 Å². The number of hydrogen-bond donors (Lipinski definition) is 0. The molecule has 0 N–H and O–H groups in total. The molecule has 0 bridgehead atoms. The third kappa shape index (κ3) is 1.95. The van der Waals surface area contributed by atoms with Crippen LogP contribution in [0.5, 0.6) is 0 Å². The number of rotatable bonds is 1. The van der Waals surface area contributed by atoms with Gasteiger partial charge in [-0.15, -0.1) is 0 Å². The summed E-state index contributed by atoms with van der Waals surface area (Å²) in [5.41, 5.74) is 4.57. The van der Waals surface area contributed by atoms with E-state index in [0.29, 0.717) is 44.4 Å². The molecule has 0 fully saturated rings. The quantitative estimate of drug-likeness (QED) is 0.430. The third-order valence-electron chi connectivity index (χ3n) is 5.69. The average Bonchev–Trinajstić information content (AvgIpc) is 3.12. The molecule has 0 unspecified atom stereocenters. The van der Waals surface area contributed by atoms with Crippen molar-refractivity contribution in [3.05, 3.63) is 111 Å². The van der Waals surface area contributed by atoms with E-state index < -0.39 is 0 Å². The van der Waals surface area contributed by atoms with Crippen LogP contribution in [0.2, 0.25) is 0 Å². The first-order valence-electron chi connectivity index (χ1n) is 9.34. The highest BCUT2D eigenvalue weighted by Crippen LogP contribution is 2.39. The highest BCUT2D eigenvalue weighted by molar-refractivity contribution is 6.34. The zero-order valence-electron chi connectivity index (χ0n) is 15.2. The topological polar surface area (TPSA) is 55.6 Å². The second kappa shape index (κ2) is 5.49.